The molecule has 0 aliphatic heterocycles. The van der Waals surface area contributed by atoms with Crippen LogP contribution in [0.15, 0.2) is 24.3 Å². The maximum atomic E-state index is 3.90. The summed E-state index contributed by atoms with van der Waals surface area (Å²) >= 11 is 2.05. The molecule has 1 saturated carbocycles. The molecule has 0 amide bonds. The zero-order valence-corrected chi connectivity index (χ0v) is 11.3. The van der Waals surface area contributed by atoms with Gasteiger partial charge in [0.15, 0.2) is 0 Å². The van der Waals surface area contributed by atoms with E-state index in [1.54, 1.807) is 11.1 Å². The molecule has 2 atom stereocenters. The van der Waals surface area contributed by atoms with Gasteiger partial charge in [0, 0.05) is 17.3 Å². The minimum atomic E-state index is 0.685. The van der Waals surface area contributed by atoms with E-state index in [1.165, 1.54) is 32.1 Å². The van der Waals surface area contributed by atoms with Crippen LogP contribution in [0.3, 0.4) is 0 Å². The van der Waals surface area contributed by atoms with Gasteiger partial charge in [-0.25, -0.2) is 0 Å². The lowest BCUT2D eigenvalue weighted by Gasteiger charge is -2.23. The second-order valence-electron chi connectivity index (χ2n) is 5.35. The Bertz CT molecular complexity index is 365. The Morgan fingerprint density at radius 3 is 2.47 bits per heavy atom. The van der Waals surface area contributed by atoms with Crippen molar-refractivity contribution < 1.29 is 0 Å². The van der Waals surface area contributed by atoms with E-state index >= 15 is 0 Å². The van der Waals surface area contributed by atoms with Crippen molar-refractivity contribution in [3.05, 3.63) is 35.4 Å². The van der Waals surface area contributed by atoms with Crippen LogP contribution in [0.25, 0.3) is 0 Å². The molecule has 0 radical (unpaired) electrons. The van der Waals surface area contributed by atoms with Crippen LogP contribution in [0.4, 0.5) is 0 Å². The predicted molar refractivity (Wildman–Crippen MR) is 75.7 cm³/mol. The van der Waals surface area contributed by atoms with E-state index in [0.717, 1.165) is 11.3 Å². The van der Waals surface area contributed by atoms with Gasteiger partial charge in [-0.1, -0.05) is 30.7 Å². The van der Waals surface area contributed by atoms with E-state index in [9.17, 15) is 0 Å². The first-order valence-corrected chi connectivity index (χ1v) is 8.01. The standard InChI is InChI=1S/C15H21NS/c1-17-15-8-4-7-14(15)16-13-9-11-5-2-3-6-12(11)10-13/h2-3,5-6,13-16H,4,7-10H2,1H3. The van der Waals surface area contributed by atoms with Gasteiger partial charge in [0.1, 0.15) is 0 Å². The van der Waals surface area contributed by atoms with E-state index in [1.807, 2.05) is 11.8 Å². The van der Waals surface area contributed by atoms with Gasteiger partial charge in [-0.2, -0.15) is 11.8 Å². The molecule has 1 nitrogen and oxygen atoms in total. The van der Waals surface area contributed by atoms with Gasteiger partial charge in [-0.05, 0) is 43.1 Å². The largest absolute Gasteiger partial charge is 0.309 e. The summed E-state index contributed by atoms with van der Waals surface area (Å²) < 4.78 is 0. The monoisotopic (exact) mass is 247 g/mol. The third kappa shape index (κ3) is 2.38. The first-order chi connectivity index (χ1) is 8.36. The average Bonchev–Trinajstić information content (AvgIpc) is 2.94. The van der Waals surface area contributed by atoms with Gasteiger partial charge in [0.2, 0.25) is 0 Å². The fourth-order valence-electron chi connectivity index (χ4n) is 3.38. The summed E-state index contributed by atoms with van der Waals surface area (Å²) in [5, 5.41) is 4.75. The lowest BCUT2D eigenvalue weighted by Crippen LogP contribution is -2.42. The number of nitrogens with one attached hydrogen (secondary N) is 1. The minimum Gasteiger partial charge on any atom is -0.309 e. The Balaban J connectivity index is 1.62. The Labute approximate surface area is 108 Å². The Morgan fingerprint density at radius 1 is 1.12 bits per heavy atom. The second-order valence-corrected chi connectivity index (χ2v) is 6.43. The summed E-state index contributed by atoms with van der Waals surface area (Å²) in [5.41, 5.74) is 3.12. The van der Waals surface area contributed by atoms with Gasteiger partial charge in [0.05, 0.1) is 0 Å². The number of rotatable bonds is 3. The smallest absolute Gasteiger partial charge is 0.0198 e. The number of hydrogen-bond donors (Lipinski definition) is 1. The molecule has 1 fully saturated rings. The zero-order chi connectivity index (χ0) is 11.7. The van der Waals surface area contributed by atoms with Crippen molar-refractivity contribution >= 4 is 11.8 Å². The molecule has 0 aromatic heterocycles. The van der Waals surface area contributed by atoms with Crippen LogP contribution in [-0.2, 0) is 12.8 Å². The fourth-order valence-corrected chi connectivity index (χ4v) is 4.32. The maximum Gasteiger partial charge on any atom is 0.0198 e. The van der Waals surface area contributed by atoms with Crippen LogP contribution in [0.2, 0.25) is 0 Å². The van der Waals surface area contributed by atoms with Gasteiger partial charge >= 0.3 is 0 Å². The third-order valence-electron chi connectivity index (χ3n) is 4.26. The molecular formula is C15H21NS. The molecule has 17 heavy (non-hydrogen) atoms. The normalized spacial score (nSPS) is 28.5. The molecule has 1 N–H and O–H groups in total. The van der Waals surface area contributed by atoms with Gasteiger partial charge in [0.25, 0.3) is 0 Å². The SMILES string of the molecule is CSC1CCCC1NC1Cc2ccccc2C1. The number of thioether (sulfide) groups is 1. The zero-order valence-electron chi connectivity index (χ0n) is 10.5. The topological polar surface area (TPSA) is 12.0 Å². The molecule has 0 heterocycles. The number of fused-ring (bicyclic) bond motifs is 1. The van der Waals surface area contributed by atoms with E-state index in [2.05, 4.69) is 35.8 Å². The molecule has 92 valence electrons. The quantitative estimate of drug-likeness (QED) is 0.881. The maximum absolute atomic E-state index is 3.90. The second kappa shape index (κ2) is 5.03. The molecule has 0 bridgehead atoms. The number of benzene rings is 1. The minimum absolute atomic E-state index is 0.685. The molecule has 2 heteroatoms. The highest BCUT2D eigenvalue weighted by Crippen LogP contribution is 2.30. The highest BCUT2D eigenvalue weighted by molar-refractivity contribution is 7.99. The van der Waals surface area contributed by atoms with Crippen LogP contribution in [0.5, 0.6) is 0 Å². The summed E-state index contributed by atoms with van der Waals surface area (Å²) in [5.74, 6) is 0. The molecule has 1 aromatic carbocycles. The van der Waals surface area contributed by atoms with Crippen molar-refractivity contribution in [3.8, 4) is 0 Å². The summed E-state index contributed by atoms with van der Waals surface area (Å²) in [6, 6.07) is 10.4. The Kier molecular flexibility index (Phi) is 3.44. The first kappa shape index (κ1) is 11.6. The molecular weight excluding hydrogens is 226 g/mol. The Morgan fingerprint density at radius 2 is 1.82 bits per heavy atom. The van der Waals surface area contributed by atoms with Crippen molar-refractivity contribution in [1.29, 1.82) is 0 Å². The summed E-state index contributed by atoms with van der Waals surface area (Å²) in [6.07, 6.45) is 8.90. The lowest BCUT2D eigenvalue weighted by molar-refractivity contribution is 0.445. The molecule has 3 rings (SSSR count). The average molecular weight is 247 g/mol. The fraction of sp³-hybridized carbons (Fsp3) is 0.600. The van der Waals surface area contributed by atoms with Gasteiger partial charge < -0.3 is 5.32 Å². The highest BCUT2D eigenvalue weighted by Gasteiger charge is 2.30. The molecule has 2 aliphatic rings. The van der Waals surface area contributed by atoms with Crippen LogP contribution in [0, 0.1) is 0 Å². The highest BCUT2D eigenvalue weighted by atomic mass is 32.2. The van der Waals surface area contributed by atoms with E-state index < -0.39 is 0 Å². The molecule has 1 aromatic rings. The van der Waals surface area contributed by atoms with Gasteiger partial charge in [-0.3, -0.25) is 0 Å². The van der Waals surface area contributed by atoms with Crippen LogP contribution in [0.1, 0.15) is 30.4 Å². The lowest BCUT2D eigenvalue weighted by atomic mass is 10.1. The van der Waals surface area contributed by atoms with Crippen molar-refractivity contribution in [1.82, 2.24) is 5.32 Å². The molecule has 2 aliphatic carbocycles. The predicted octanol–water partition coefficient (Wildman–Crippen LogP) is 3.03. The van der Waals surface area contributed by atoms with Crippen molar-refractivity contribution in [2.75, 3.05) is 6.26 Å². The van der Waals surface area contributed by atoms with Gasteiger partial charge in [-0.15, -0.1) is 0 Å². The summed E-state index contributed by atoms with van der Waals surface area (Å²) in [7, 11) is 0. The van der Waals surface area contributed by atoms with E-state index in [0.29, 0.717) is 6.04 Å². The van der Waals surface area contributed by atoms with Crippen LogP contribution < -0.4 is 5.32 Å². The molecule has 0 saturated heterocycles. The van der Waals surface area contributed by atoms with Crippen LogP contribution in [-0.4, -0.2) is 23.6 Å². The molecule has 2 unspecified atom stereocenters. The third-order valence-corrected chi connectivity index (χ3v) is 5.43. The summed E-state index contributed by atoms with van der Waals surface area (Å²) in [4.78, 5) is 0. The van der Waals surface area contributed by atoms with E-state index in [4.69, 9.17) is 0 Å². The van der Waals surface area contributed by atoms with Crippen LogP contribution >= 0.6 is 11.8 Å². The van der Waals surface area contributed by atoms with E-state index in [-0.39, 0.29) is 0 Å². The summed E-state index contributed by atoms with van der Waals surface area (Å²) in [6.45, 7) is 0. The van der Waals surface area contributed by atoms with Crippen molar-refractivity contribution in [3.63, 3.8) is 0 Å². The molecule has 0 spiro atoms. The first-order valence-electron chi connectivity index (χ1n) is 6.72. The van der Waals surface area contributed by atoms with Crippen molar-refractivity contribution in [2.45, 2.75) is 49.4 Å². The van der Waals surface area contributed by atoms with Crippen molar-refractivity contribution in [2.24, 2.45) is 0 Å². The number of hydrogen-bond acceptors (Lipinski definition) is 2. The Hall–Kier alpha value is -0.470.